The average molecular weight is 386 g/mol. The van der Waals surface area contributed by atoms with Crippen LogP contribution in [0.25, 0.3) is 11.1 Å². The van der Waals surface area contributed by atoms with E-state index < -0.39 is 0 Å². The number of benzene rings is 2. The molecule has 5 rings (SSSR count). The van der Waals surface area contributed by atoms with E-state index in [-0.39, 0.29) is 0 Å². The first-order valence-corrected chi connectivity index (χ1v) is 10.4. The lowest BCUT2D eigenvalue weighted by Gasteiger charge is -2.27. The zero-order valence-electron chi connectivity index (χ0n) is 16.8. The van der Waals surface area contributed by atoms with Gasteiger partial charge >= 0.3 is 0 Å². The standard InChI is InChI=1S/C25H26N2O2/c1-18-14-19(6-8-22(18)21-4-2-10-26-16-21)17-27-11-3-5-23(27)20-7-9-24-25(15-20)29-13-12-28-24/h2,4,6-10,14-16,23H,3,5,11-13,17H2,1H3/t23-/m1/s1. The zero-order chi connectivity index (χ0) is 19.6. The molecule has 1 aromatic heterocycles. The van der Waals surface area contributed by atoms with Crippen LogP contribution in [0.15, 0.2) is 60.9 Å². The number of likely N-dealkylation sites (tertiary alicyclic amines) is 1. The molecule has 3 aromatic rings. The molecule has 0 N–H and O–H groups in total. The third-order valence-electron chi connectivity index (χ3n) is 5.96. The Balaban J connectivity index is 1.35. The van der Waals surface area contributed by atoms with Gasteiger partial charge in [0.05, 0.1) is 0 Å². The largest absolute Gasteiger partial charge is 0.486 e. The van der Waals surface area contributed by atoms with E-state index in [2.05, 4.69) is 59.3 Å². The van der Waals surface area contributed by atoms with Crippen LogP contribution in [-0.2, 0) is 6.54 Å². The van der Waals surface area contributed by atoms with Crippen molar-refractivity contribution >= 4 is 0 Å². The fourth-order valence-electron chi connectivity index (χ4n) is 4.56. The van der Waals surface area contributed by atoms with Crippen molar-refractivity contribution in [2.75, 3.05) is 19.8 Å². The van der Waals surface area contributed by atoms with Gasteiger partial charge in [-0.05, 0) is 66.8 Å². The molecule has 4 nitrogen and oxygen atoms in total. The monoisotopic (exact) mass is 386 g/mol. The summed E-state index contributed by atoms with van der Waals surface area (Å²) >= 11 is 0. The number of rotatable bonds is 4. The molecule has 0 radical (unpaired) electrons. The van der Waals surface area contributed by atoms with Crippen molar-refractivity contribution in [3.05, 3.63) is 77.6 Å². The number of hydrogen-bond donors (Lipinski definition) is 0. The first-order valence-electron chi connectivity index (χ1n) is 10.4. The van der Waals surface area contributed by atoms with Crippen molar-refractivity contribution in [1.82, 2.24) is 9.88 Å². The van der Waals surface area contributed by atoms with Gasteiger partial charge in [0.2, 0.25) is 0 Å². The second-order valence-corrected chi connectivity index (χ2v) is 7.92. The molecule has 29 heavy (non-hydrogen) atoms. The predicted molar refractivity (Wildman–Crippen MR) is 114 cm³/mol. The van der Waals surface area contributed by atoms with Crippen molar-refractivity contribution < 1.29 is 9.47 Å². The molecular formula is C25H26N2O2. The number of aryl methyl sites for hydroxylation is 1. The van der Waals surface area contributed by atoms with Crippen molar-refractivity contribution in [3.63, 3.8) is 0 Å². The summed E-state index contributed by atoms with van der Waals surface area (Å²) in [4.78, 5) is 6.84. The lowest BCUT2D eigenvalue weighted by molar-refractivity contribution is 0.170. The van der Waals surface area contributed by atoms with Crippen molar-refractivity contribution in [2.24, 2.45) is 0 Å². The molecule has 1 fully saturated rings. The molecule has 0 amide bonds. The maximum Gasteiger partial charge on any atom is 0.161 e. The molecule has 148 valence electrons. The number of ether oxygens (including phenoxy) is 2. The molecule has 1 atom stereocenters. The molecule has 2 aromatic carbocycles. The number of aromatic nitrogens is 1. The second kappa shape index (κ2) is 7.88. The van der Waals surface area contributed by atoms with Gasteiger partial charge in [-0.1, -0.05) is 30.3 Å². The van der Waals surface area contributed by atoms with Crippen LogP contribution in [0, 0.1) is 6.92 Å². The van der Waals surface area contributed by atoms with Gasteiger partial charge in [-0.25, -0.2) is 0 Å². The second-order valence-electron chi connectivity index (χ2n) is 7.92. The van der Waals surface area contributed by atoms with Crippen molar-refractivity contribution in [2.45, 2.75) is 32.4 Å². The van der Waals surface area contributed by atoms with Gasteiger partial charge < -0.3 is 9.47 Å². The summed E-state index contributed by atoms with van der Waals surface area (Å²) in [5.41, 5.74) is 6.42. The van der Waals surface area contributed by atoms with Crippen molar-refractivity contribution in [3.8, 4) is 22.6 Å². The number of nitrogens with zero attached hydrogens (tertiary/aromatic N) is 2. The smallest absolute Gasteiger partial charge is 0.161 e. The van der Waals surface area contributed by atoms with E-state index in [9.17, 15) is 0 Å². The highest BCUT2D eigenvalue weighted by molar-refractivity contribution is 5.66. The normalized spacial score (nSPS) is 18.7. The summed E-state index contributed by atoms with van der Waals surface area (Å²) in [6, 6.07) is 17.8. The Labute approximate surface area is 172 Å². The summed E-state index contributed by atoms with van der Waals surface area (Å²) in [7, 11) is 0. The first kappa shape index (κ1) is 18.2. The molecule has 0 saturated carbocycles. The van der Waals surface area contributed by atoms with Crippen LogP contribution in [0.3, 0.4) is 0 Å². The van der Waals surface area contributed by atoms with Gasteiger partial charge in [-0.3, -0.25) is 9.88 Å². The lowest BCUT2D eigenvalue weighted by Crippen LogP contribution is -2.23. The van der Waals surface area contributed by atoms with Crippen LogP contribution in [0.1, 0.15) is 35.6 Å². The quantitative estimate of drug-likeness (QED) is 0.620. The fraction of sp³-hybridized carbons (Fsp3) is 0.320. The molecule has 1 saturated heterocycles. The molecule has 0 bridgehead atoms. The Hall–Kier alpha value is -2.85. The minimum Gasteiger partial charge on any atom is -0.486 e. The van der Waals surface area contributed by atoms with Gasteiger partial charge in [0.1, 0.15) is 13.2 Å². The van der Waals surface area contributed by atoms with E-state index in [0.29, 0.717) is 19.3 Å². The van der Waals surface area contributed by atoms with E-state index in [1.54, 1.807) is 0 Å². The van der Waals surface area contributed by atoms with Gasteiger partial charge in [0.15, 0.2) is 11.5 Å². The summed E-state index contributed by atoms with van der Waals surface area (Å²) in [6.07, 6.45) is 6.16. The Bertz CT molecular complexity index is 1000. The van der Waals surface area contributed by atoms with E-state index in [0.717, 1.165) is 24.6 Å². The Kier molecular flexibility index (Phi) is 4.94. The summed E-state index contributed by atoms with van der Waals surface area (Å²) in [5, 5.41) is 0. The minimum atomic E-state index is 0.434. The van der Waals surface area contributed by atoms with E-state index in [1.165, 1.54) is 40.7 Å². The molecule has 2 aliphatic rings. The highest BCUT2D eigenvalue weighted by Gasteiger charge is 2.27. The number of hydrogen-bond acceptors (Lipinski definition) is 4. The molecule has 0 spiro atoms. The van der Waals surface area contributed by atoms with E-state index >= 15 is 0 Å². The molecule has 0 unspecified atom stereocenters. The van der Waals surface area contributed by atoms with Gasteiger partial charge in [-0.2, -0.15) is 0 Å². The molecule has 3 heterocycles. The van der Waals surface area contributed by atoms with Crippen molar-refractivity contribution in [1.29, 1.82) is 0 Å². The topological polar surface area (TPSA) is 34.6 Å². The highest BCUT2D eigenvalue weighted by Crippen LogP contribution is 2.38. The maximum absolute atomic E-state index is 5.80. The van der Waals surface area contributed by atoms with E-state index in [1.807, 2.05) is 18.5 Å². The van der Waals surface area contributed by atoms with Gasteiger partial charge in [0.25, 0.3) is 0 Å². The molecule has 2 aliphatic heterocycles. The Morgan fingerprint density at radius 1 is 1.03 bits per heavy atom. The summed E-state index contributed by atoms with van der Waals surface area (Å²) in [6.45, 7) is 5.55. The van der Waals surface area contributed by atoms with Crippen LogP contribution in [-0.4, -0.2) is 29.6 Å². The molecule has 0 aliphatic carbocycles. The Morgan fingerprint density at radius 3 is 2.76 bits per heavy atom. The SMILES string of the molecule is Cc1cc(CN2CCC[C@@H]2c2ccc3c(c2)OCCO3)ccc1-c1cccnc1. The van der Waals surface area contributed by atoms with Crippen LogP contribution in [0.5, 0.6) is 11.5 Å². The third kappa shape index (κ3) is 3.73. The Morgan fingerprint density at radius 2 is 1.93 bits per heavy atom. The summed E-state index contributed by atoms with van der Waals surface area (Å²) < 4.78 is 11.5. The van der Waals surface area contributed by atoms with Crippen LogP contribution >= 0.6 is 0 Å². The third-order valence-corrected chi connectivity index (χ3v) is 5.96. The maximum atomic E-state index is 5.80. The highest BCUT2D eigenvalue weighted by atomic mass is 16.6. The van der Waals surface area contributed by atoms with Gasteiger partial charge in [-0.15, -0.1) is 0 Å². The molecular weight excluding hydrogens is 360 g/mol. The van der Waals surface area contributed by atoms with Crippen LogP contribution in [0.2, 0.25) is 0 Å². The number of pyridine rings is 1. The van der Waals surface area contributed by atoms with Crippen LogP contribution in [0.4, 0.5) is 0 Å². The van der Waals surface area contributed by atoms with E-state index in [4.69, 9.17) is 9.47 Å². The minimum absolute atomic E-state index is 0.434. The fourth-order valence-corrected chi connectivity index (χ4v) is 4.56. The van der Waals surface area contributed by atoms with Crippen LogP contribution < -0.4 is 9.47 Å². The summed E-state index contributed by atoms with van der Waals surface area (Å²) in [5.74, 6) is 1.75. The molecule has 4 heteroatoms. The first-order chi connectivity index (χ1) is 14.3. The number of fused-ring (bicyclic) bond motifs is 1. The predicted octanol–water partition coefficient (Wildman–Crippen LogP) is 5.17. The van der Waals surface area contributed by atoms with Gasteiger partial charge in [0, 0.05) is 30.5 Å². The lowest BCUT2D eigenvalue weighted by atomic mass is 9.99. The zero-order valence-corrected chi connectivity index (χ0v) is 16.8. The average Bonchev–Trinajstić information content (AvgIpc) is 3.22.